The molecule has 44 heavy (non-hydrogen) atoms. The first kappa shape index (κ1) is 36.7. The van der Waals surface area contributed by atoms with Gasteiger partial charge >= 0.3 is 14.5 Å². The fourth-order valence-electron chi connectivity index (χ4n) is 6.54. The molecule has 0 radical (unpaired) electrons. The van der Waals surface area contributed by atoms with Gasteiger partial charge in [-0.2, -0.15) is 0 Å². The number of benzene rings is 2. The summed E-state index contributed by atoms with van der Waals surface area (Å²) < 4.78 is 24.8. The van der Waals surface area contributed by atoms with E-state index >= 15 is 0 Å². The van der Waals surface area contributed by atoms with Crippen LogP contribution in [-0.4, -0.2) is 37.8 Å². The minimum absolute atomic E-state index is 0.339. The predicted octanol–water partition coefficient (Wildman–Crippen LogP) is 11.1. The van der Waals surface area contributed by atoms with Crippen LogP contribution in [0.4, 0.5) is 0 Å². The lowest BCUT2D eigenvalue weighted by molar-refractivity contribution is 0.0734. The lowest BCUT2D eigenvalue weighted by Crippen LogP contribution is -2.52. The van der Waals surface area contributed by atoms with E-state index in [2.05, 4.69) is 64.9 Å². The van der Waals surface area contributed by atoms with Crippen molar-refractivity contribution < 1.29 is 22.5 Å². The molecule has 0 amide bonds. The highest BCUT2D eigenvalue weighted by molar-refractivity contribution is 6.87. The van der Waals surface area contributed by atoms with Crippen molar-refractivity contribution in [3.05, 3.63) is 59.7 Å². The van der Waals surface area contributed by atoms with E-state index in [0.29, 0.717) is 23.8 Å². The summed E-state index contributed by atoms with van der Waals surface area (Å²) in [6, 6.07) is 16.5. The molecule has 3 rings (SSSR count). The zero-order chi connectivity index (χ0) is 32.2. The number of hydrogen-bond donors (Lipinski definition) is 0. The van der Waals surface area contributed by atoms with E-state index in [0.717, 1.165) is 30.6 Å². The molecular weight excluding hydrogens is 597 g/mol. The molecule has 2 aromatic carbocycles. The zero-order valence-electron chi connectivity index (χ0n) is 29.0. The number of carbonyl (C=O) groups excluding carboxylic acids is 1. The van der Waals surface area contributed by atoms with E-state index in [1.54, 1.807) is 12.1 Å². The van der Waals surface area contributed by atoms with Gasteiger partial charge in [-0.15, -0.1) is 0 Å². The van der Waals surface area contributed by atoms with Gasteiger partial charge in [0.2, 0.25) is 0 Å². The van der Waals surface area contributed by atoms with E-state index in [-0.39, 0.29) is 5.97 Å². The van der Waals surface area contributed by atoms with Crippen LogP contribution in [0.2, 0.25) is 51.9 Å². The molecule has 1 aliphatic rings. The van der Waals surface area contributed by atoms with Gasteiger partial charge in [-0.25, -0.2) is 4.79 Å². The molecule has 1 saturated carbocycles. The maximum Gasteiger partial charge on any atom is 0.343 e. The Labute approximate surface area is 271 Å². The first-order chi connectivity index (χ1) is 20.8. The molecule has 0 atom stereocenters. The Morgan fingerprint density at radius 1 is 0.705 bits per heavy atom. The van der Waals surface area contributed by atoms with Crippen LogP contribution in [0.5, 0.6) is 11.5 Å². The number of carbonyl (C=O) groups is 1. The number of esters is 1. The highest BCUT2D eigenvalue weighted by atomic mass is 28.5. The molecule has 0 heterocycles. The molecule has 0 aliphatic heterocycles. The van der Waals surface area contributed by atoms with Gasteiger partial charge in [-0.1, -0.05) is 57.6 Å². The lowest BCUT2D eigenvalue weighted by atomic mass is 9.77. The summed E-state index contributed by atoms with van der Waals surface area (Å²) in [5, 5.41) is 0. The van der Waals surface area contributed by atoms with Gasteiger partial charge in [0, 0.05) is 0 Å². The van der Waals surface area contributed by atoms with E-state index in [4.69, 9.17) is 17.7 Å². The van der Waals surface area contributed by atoms with Gasteiger partial charge in [0.1, 0.15) is 11.5 Å². The summed E-state index contributed by atoms with van der Waals surface area (Å²) in [7, 11) is -5.39. The molecule has 0 N–H and O–H groups in total. The van der Waals surface area contributed by atoms with Crippen LogP contribution in [0, 0.1) is 5.92 Å². The SMILES string of the molecule is CCCC1CCC(c2ccc(OC(=O)c3ccc(OCCCCCCC[Si](C)(O[Si](C)(C)C)O[Si](C)(C)C)cc3)cc2)CC1. The quantitative estimate of drug-likeness (QED) is 0.0691. The lowest BCUT2D eigenvalue weighted by Gasteiger charge is -2.38. The van der Waals surface area contributed by atoms with Crippen molar-refractivity contribution in [2.75, 3.05) is 6.61 Å². The van der Waals surface area contributed by atoms with Gasteiger partial charge in [0.05, 0.1) is 12.2 Å². The zero-order valence-corrected chi connectivity index (χ0v) is 32.0. The second-order valence-electron chi connectivity index (χ2n) is 14.9. The molecule has 5 nitrogen and oxygen atoms in total. The number of unbranched alkanes of at least 4 members (excludes halogenated alkanes) is 4. The molecule has 0 aromatic heterocycles. The maximum atomic E-state index is 12.7. The monoisotopic (exact) mass is 656 g/mol. The summed E-state index contributed by atoms with van der Waals surface area (Å²) in [4.78, 5) is 12.7. The van der Waals surface area contributed by atoms with Gasteiger partial charge in [-0.05, 0) is 138 Å². The molecule has 0 bridgehead atoms. The van der Waals surface area contributed by atoms with Crippen molar-refractivity contribution in [3.63, 3.8) is 0 Å². The minimum Gasteiger partial charge on any atom is -0.494 e. The topological polar surface area (TPSA) is 54.0 Å². The van der Waals surface area contributed by atoms with Crippen molar-refractivity contribution in [2.45, 2.75) is 135 Å². The number of hydrogen-bond acceptors (Lipinski definition) is 5. The maximum absolute atomic E-state index is 12.7. The summed E-state index contributed by atoms with van der Waals surface area (Å²) in [6.45, 7) is 18.8. The molecule has 8 heteroatoms. The molecular formula is C36H60O5Si3. The summed E-state index contributed by atoms with van der Waals surface area (Å²) in [6.07, 6.45) is 13.6. The highest BCUT2D eigenvalue weighted by Crippen LogP contribution is 2.38. The van der Waals surface area contributed by atoms with Gasteiger partial charge in [0.25, 0.3) is 0 Å². The van der Waals surface area contributed by atoms with Crippen molar-refractivity contribution in [1.82, 2.24) is 0 Å². The van der Waals surface area contributed by atoms with Crippen molar-refractivity contribution in [1.29, 1.82) is 0 Å². The summed E-state index contributed by atoms with van der Waals surface area (Å²) >= 11 is 0. The van der Waals surface area contributed by atoms with Gasteiger partial charge in [-0.3, -0.25) is 0 Å². The van der Waals surface area contributed by atoms with Crippen molar-refractivity contribution >= 4 is 31.2 Å². The predicted molar refractivity (Wildman–Crippen MR) is 191 cm³/mol. The van der Waals surface area contributed by atoms with Crippen LogP contribution >= 0.6 is 0 Å². The minimum atomic E-state index is -2.12. The molecule has 1 aliphatic carbocycles. The van der Waals surface area contributed by atoms with Crippen LogP contribution < -0.4 is 9.47 Å². The van der Waals surface area contributed by atoms with E-state index in [1.165, 1.54) is 63.4 Å². The summed E-state index contributed by atoms with van der Waals surface area (Å²) in [5.41, 5.74) is 1.90. The Balaban J connectivity index is 1.32. The standard InChI is InChI=1S/C36H60O5Si3/c1-9-15-30-16-18-31(19-17-30)32-20-26-35(27-21-32)39-36(37)33-22-24-34(25-23-33)38-28-13-11-10-12-14-29-44(8,40-42(2,3)4)41-43(5,6)7/h20-27,30-31H,9-19,28-29H2,1-8H3. The molecule has 246 valence electrons. The van der Waals surface area contributed by atoms with Crippen LogP contribution in [-0.2, 0) is 8.23 Å². The van der Waals surface area contributed by atoms with E-state index in [1.807, 2.05) is 24.3 Å². The summed E-state index contributed by atoms with van der Waals surface area (Å²) in [5.74, 6) is 2.58. The Morgan fingerprint density at radius 2 is 1.25 bits per heavy atom. The fraction of sp³-hybridized carbons (Fsp3) is 0.639. The number of rotatable bonds is 18. The molecule has 2 aromatic rings. The van der Waals surface area contributed by atoms with Crippen LogP contribution in [0.1, 0.15) is 99.4 Å². The normalized spacial score (nSPS) is 17.8. The average molecular weight is 657 g/mol. The Hall–Kier alpha value is -1.72. The number of ether oxygens (including phenoxy) is 2. The smallest absolute Gasteiger partial charge is 0.343 e. The average Bonchev–Trinajstić information content (AvgIpc) is 2.94. The van der Waals surface area contributed by atoms with Crippen LogP contribution in [0.15, 0.2) is 48.5 Å². The Kier molecular flexibility index (Phi) is 14.4. The third-order valence-electron chi connectivity index (χ3n) is 8.28. The third kappa shape index (κ3) is 13.7. The molecule has 1 fully saturated rings. The first-order valence-corrected chi connectivity index (χ1v) is 26.5. The van der Waals surface area contributed by atoms with E-state index in [9.17, 15) is 4.79 Å². The largest absolute Gasteiger partial charge is 0.494 e. The first-order valence-electron chi connectivity index (χ1n) is 17.2. The van der Waals surface area contributed by atoms with Gasteiger partial charge in [0.15, 0.2) is 16.6 Å². The molecule has 0 unspecified atom stereocenters. The second-order valence-corrected chi connectivity index (χ2v) is 27.8. The third-order valence-corrected chi connectivity index (χ3v) is 17.9. The molecule has 0 saturated heterocycles. The Morgan fingerprint density at radius 3 is 1.82 bits per heavy atom. The molecule has 0 spiro atoms. The second kappa shape index (κ2) is 17.3. The van der Waals surface area contributed by atoms with Gasteiger partial charge < -0.3 is 17.7 Å². The van der Waals surface area contributed by atoms with Crippen LogP contribution in [0.3, 0.4) is 0 Å². The van der Waals surface area contributed by atoms with Crippen molar-refractivity contribution in [3.8, 4) is 11.5 Å². The van der Waals surface area contributed by atoms with Crippen LogP contribution in [0.25, 0.3) is 0 Å². The Bertz CT molecular complexity index is 1100. The van der Waals surface area contributed by atoms with E-state index < -0.39 is 25.2 Å². The fourth-order valence-corrected chi connectivity index (χ4v) is 19.2. The van der Waals surface area contributed by atoms with Crippen molar-refractivity contribution in [2.24, 2.45) is 5.92 Å². The highest BCUT2D eigenvalue weighted by Gasteiger charge is 2.39.